The highest BCUT2D eigenvalue weighted by molar-refractivity contribution is 6.14. The van der Waals surface area contributed by atoms with Gasteiger partial charge in [-0.1, -0.05) is 66.7 Å². The molecule has 0 radical (unpaired) electrons. The normalized spacial score (nSPS) is 15.0. The molecule has 0 bridgehead atoms. The number of nitrogens with one attached hydrogen (secondary N) is 1. The average molecular weight is 425 g/mol. The molecule has 0 aliphatic carbocycles. The van der Waals surface area contributed by atoms with E-state index in [1.165, 1.54) is 6.07 Å². The van der Waals surface area contributed by atoms with E-state index in [1.807, 2.05) is 48.7 Å². The van der Waals surface area contributed by atoms with E-state index in [9.17, 15) is 14.0 Å². The van der Waals surface area contributed by atoms with Crippen molar-refractivity contribution in [2.75, 3.05) is 0 Å². The molecular formula is C26H20FN3O2. The molecule has 0 saturated carbocycles. The number of imide groups is 1. The summed E-state index contributed by atoms with van der Waals surface area (Å²) in [6.45, 7) is 0.564. The Balaban J connectivity index is 1.47. The van der Waals surface area contributed by atoms with Crippen LogP contribution in [0.15, 0.2) is 90.8 Å². The van der Waals surface area contributed by atoms with Crippen LogP contribution in [0.3, 0.4) is 0 Å². The molecule has 5 nitrogen and oxygen atoms in total. The second-order valence-electron chi connectivity index (χ2n) is 7.69. The van der Waals surface area contributed by atoms with Gasteiger partial charge in [-0.05, 0) is 23.8 Å². The second kappa shape index (κ2) is 8.15. The quantitative estimate of drug-likeness (QED) is 0.364. The van der Waals surface area contributed by atoms with Crippen molar-refractivity contribution in [2.45, 2.75) is 13.1 Å². The van der Waals surface area contributed by atoms with Gasteiger partial charge in [-0.3, -0.25) is 9.69 Å². The maximum Gasteiger partial charge on any atom is 0.329 e. The molecule has 1 aliphatic rings. The Kier molecular flexibility index (Phi) is 5.03. The lowest BCUT2D eigenvalue weighted by atomic mass is 10.1. The van der Waals surface area contributed by atoms with E-state index in [4.69, 9.17) is 0 Å². The van der Waals surface area contributed by atoms with Crippen LogP contribution in [-0.4, -0.2) is 21.4 Å². The molecule has 1 saturated heterocycles. The van der Waals surface area contributed by atoms with Gasteiger partial charge in [0.15, 0.2) is 0 Å². The third-order valence-corrected chi connectivity index (χ3v) is 5.56. The van der Waals surface area contributed by atoms with Crippen molar-refractivity contribution in [1.29, 1.82) is 0 Å². The molecule has 1 aromatic heterocycles. The third-order valence-electron chi connectivity index (χ3n) is 5.56. The minimum absolute atomic E-state index is 0.121. The zero-order valence-electron chi connectivity index (χ0n) is 17.2. The summed E-state index contributed by atoms with van der Waals surface area (Å²) < 4.78 is 16.1. The number of halogens is 1. The van der Waals surface area contributed by atoms with Gasteiger partial charge in [0.05, 0.1) is 6.54 Å². The van der Waals surface area contributed by atoms with Crippen molar-refractivity contribution < 1.29 is 14.0 Å². The number of hydrogen-bond donors (Lipinski definition) is 1. The van der Waals surface area contributed by atoms with E-state index in [-0.39, 0.29) is 17.8 Å². The first-order chi connectivity index (χ1) is 15.6. The van der Waals surface area contributed by atoms with Crippen LogP contribution in [0.4, 0.5) is 9.18 Å². The lowest BCUT2D eigenvalue weighted by Gasteiger charge is -2.12. The van der Waals surface area contributed by atoms with Gasteiger partial charge in [-0.2, -0.15) is 0 Å². The Hall–Kier alpha value is -4.19. The zero-order chi connectivity index (χ0) is 22.1. The van der Waals surface area contributed by atoms with Crippen LogP contribution in [0.2, 0.25) is 0 Å². The van der Waals surface area contributed by atoms with Gasteiger partial charge in [-0.15, -0.1) is 0 Å². The predicted molar refractivity (Wildman–Crippen MR) is 121 cm³/mol. The number of fused-ring (bicyclic) bond motifs is 1. The summed E-state index contributed by atoms with van der Waals surface area (Å²) in [5.74, 6) is -0.923. The Labute approximate surface area is 184 Å². The summed E-state index contributed by atoms with van der Waals surface area (Å²) in [6.07, 6.45) is 3.66. The number of aromatic nitrogens is 1. The lowest BCUT2D eigenvalue weighted by Crippen LogP contribution is -2.30. The van der Waals surface area contributed by atoms with Crippen molar-refractivity contribution in [3.8, 4) is 0 Å². The number of nitrogens with zero attached hydrogens (tertiary/aromatic N) is 2. The molecule has 1 fully saturated rings. The topological polar surface area (TPSA) is 54.3 Å². The predicted octanol–water partition coefficient (Wildman–Crippen LogP) is 4.92. The highest BCUT2D eigenvalue weighted by Crippen LogP contribution is 2.26. The molecule has 1 aliphatic heterocycles. The number of benzene rings is 3. The second-order valence-corrected chi connectivity index (χ2v) is 7.69. The molecule has 5 rings (SSSR count). The molecule has 0 unspecified atom stereocenters. The number of para-hydroxylation sites is 1. The SMILES string of the molecule is O=C1N/C(=C/c2cn(Cc3ccccc3)c3ccccc23)C(=O)N1Cc1ccccc1F. The molecule has 32 heavy (non-hydrogen) atoms. The largest absolute Gasteiger partial charge is 0.342 e. The number of rotatable bonds is 5. The fraction of sp³-hybridized carbons (Fsp3) is 0.0769. The smallest absolute Gasteiger partial charge is 0.329 e. The Bertz CT molecular complexity index is 1360. The first-order valence-corrected chi connectivity index (χ1v) is 10.3. The van der Waals surface area contributed by atoms with Crippen molar-refractivity contribution in [3.63, 3.8) is 0 Å². The van der Waals surface area contributed by atoms with E-state index in [0.29, 0.717) is 6.54 Å². The summed E-state index contributed by atoms with van der Waals surface area (Å²) >= 11 is 0. The number of hydrogen-bond acceptors (Lipinski definition) is 2. The first kappa shape index (κ1) is 19.8. The molecule has 4 aromatic rings. The molecule has 1 N–H and O–H groups in total. The maximum absolute atomic E-state index is 14.0. The zero-order valence-corrected chi connectivity index (χ0v) is 17.2. The fourth-order valence-corrected chi connectivity index (χ4v) is 3.97. The van der Waals surface area contributed by atoms with E-state index in [2.05, 4.69) is 22.0 Å². The Morgan fingerprint density at radius 2 is 1.56 bits per heavy atom. The van der Waals surface area contributed by atoms with Crippen LogP contribution in [0, 0.1) is 5.82 Å². The summed E-state index contributed by atoms with van der Waals surface area (Å²) in [4.78, 5) is 26.4. The fourth-order valence-electron chi connectivity index (χ4n) is 3.97. The summed E-state index contributed by atoms with van der Waals surface area (Å²) in [6, 6.07) is 23.6. The molecule has 3 aromatic carbocycles. The molecular weight excluding hydrogens is 405 g/mol. The van der Waals surface area contributed by atoms with E-state index < -0.39 is 17.8 Å². The summed E-state index contributed by atoms with van der Waals surface area (Å²) in [5.41, 5.74) is 3.48. The van der Waals surface area contributed by atoms with Crippen LogP contribution >= 0.6 is 0 Å². The first-order valence-electron chi connectivity index (χ1n) is 10.3. The molecule has 2 heterocycles. The molecule has 6 heteroatoms. The van der Waals surface area contributed by atoms with Crippen LogP contribution in [0.5, 0.6) is 0 Å². The summed E-state index contributed by atoms with van der Waals surface area (Å²) in [5, 5.41) is 3.61. The minimum atomic E-state index is -0.558. The van der Waals surface area contributed by atoms with Crippen molar-refractivity contribution in [3.05, 3.63) is 113 Å². The third kappa shape index (κ3) is 3.67. The van der Waals surface area contributed by atoms with Gasteiger partial charge < -0.3 is 9.88 Å². The number of urea groups is 1. The van der Waals surface area contributed by atoms with Gasteiger partial charge in [0.1, 0.15) is 11.5 Å². The summed E-state index contributed by atoms with van der Waals surface area (Å²) in [7, 11) is 0. The molecule has 0 atom stereocenters. The minimum Gasteiger partial charge on any atom is -0.342 e. The number of carbonyl (C=O) groups excluding carboxylic acids is 2. The van der Waals surface area contributed by atoms with Gasteiger partial charge in [0, 0.05) is 34.8 Å². The lowest BCUT2D eigenvalue weighted by molar-refractivity contribution is -0.123. The van der Waals surface area contributed by atoms with Crippen LogP contribution < -0.4 is 5.32 Å². The average Bonchev–Trinajstić information content (AvgIpc) is 3.28. The standard InChI is InChI=1S/C26H20FN3O2/c27-22-12-6-4-10-19(22)17-30-25(31)23(28-26(30)32)14-20-16-29(15-18-8-2-1-3-9-18)24-13-7-5-11-21(20)24/h1-14,16H,15,17H2,(H,28,32)/b23-14+. The Morgan fingerprint density at radius 3 is 2.38 bits per heavy atom. The Morgan fingerprint density at radius 1 is 0.844 bits per heavy atom. The van der Waals surface area contributed by atoms with Gasteiger partial charge in [0.2, 0.25) is 0 Å². The van der Waals surface area contributed by atoms with Crippen LogP contribution in [0.1, 0.15) is 16.7 Å². The maximum atomic E-state index is 14.0. The van der Waals surface area contributed by atoms with Crippen molar-refractivity contribution >= 4 is 28.9 Å². The monoisotopic (exact) mass is 425 g/mol. The van der Waals surface area contributed by atoms with Crippen molar-refractivity contribution in [1.82, 2.24) is 14.8 Å². The molecule has 158 valence electrons. The van der Waals surface area contributed by atoms with Gasteiger partial charge >= 0.3 is 6.03 Å². The molecule has 3 amide bonds. The van der Waals surface area contributed by atoms with Crippen molar-refractivity contribution in [2.24, 2.45) is 0 Å². The van der Waals surface area contributed by atoms with Crippen LogP contribution in [0.25, 0.3) is 17.0 Å². The highest BCUT2D eigenvalue weighted by atomic mass is 19.1. The number of amides is 3. The van der Waals surface area contributed by atoms with E-state index in [1.54, 1.807) is 24.3 Å². The van der Waals surface area contributed by atoms with Gasteiger partial charge in [-0.25, -0.2) is 9.18 Å². The number of carbonyl (C=O) groups is 2. The molecule has 0 spiro atoms. The van der Waals surface area contributed by atoms with Crippen LogP contribution in [-0.2, 0) is 17.9 Å². The van der Waals surface area contributed by atoms with E-state index >= 15 is 0 Å². The van der Waals surface area contributed by atoms with Gasteiger partial charge in [0.25, 0.3) is 5.91 Å². The van der Waals surface area contributed by atoms with E-state index in [0.717, 1.165) is 26.9 Å². The highest BCUT2D eigenvalue weighted by Gasteiger charge is 2.34.